The van der Waals surface area contributed by atoms with Crippen LogP contribution in [0.3, 0.4) is 0 Å². The van der Waals surface area contributed by atoms with Crippen molar-refractivity contribution in [1.29, 1.82) is 0 Å². The highest BCUT2D eigenvalue weighted by molar-refractivity contribution is 5.93. The summed E-state index contributed by atoms with van der Waals surface area (Å²) >= 11 is 0. The maximum atomic E-state index is 12.1. The smallest absolute Gasteiger partial charge is 0.343 e. The number of aliphatic hydroxyl groups excluding tert-OH is 1. The highest BCUT2D eigenvalue weighted by atomic mass is 16.6. The van der Waals surface area contributed by atoms with E-state index in [1.54, 1.807) is 14.0 Å². The third-order valence-corrected chi connectivity index (χ3v) is 6.85. The average Bonchev–Trinajstić information content (AvgIpc) is 3.08. The van der Waals surface area contributed by atoms with Crippen molar-refractivity contribution in [3.05, 3.63) is 34.7 Å². The zero-order chi connectivity index (χ0) is 20.0. The third kappa shape index (κ3) is 2.98. The van der Waals surface area contributed by atoms with E-state index in [1.165, 1.54) is 0 Å². The van der Waals surface area contributed by atoms with Gasteiger partial charge in [0.25, 0.3) is 0 Å². The molecular formula is C22H31NO5. The number of methoxy groups -OCH3 is 1. The molecule has 1 N–H and O–H groups in total. The first kappa shape index (κ1) is 19.5. The van der Waals surface area contributed by atoms with Gasteiger partial charge in [-0.15, -0.1) is 0 Å². The van der Waals surface area contributed by atoms with E-state index >= 15 is 0 Å². The molecule has 2 saturated heterocycles. The number of nitrogens with zero attached hydrogens (tertiary/aromatic N) is 1. The van der Waals surface area contributed by atoms with Crippen LogP contribution in [-0.2, 0) is 19.0 Å². The number of cyclic esters (lactones) is 1. The van der Waals surface area contributed by atoms with Crippen LogP contribution in [0.25, 0.3) is 0 Å². The quantitative estimate of drug-likeness (QED) is 0.748. The van der Waals surface area contributed by atoms with Crippen molar-refractivity contribution in [3.63, 3.8) is 0 Å². The topological polar surface area (TPSA) is 68.2 Å². The number of allylic oxidation sites excluding steroid dienone is 1. The molecule has 4 rings (SSSR count). The number of fused-ring (bicyclic) bond motifs is 3. The van der Waals surface area contributed by atoms with Gasteiger partial charge in [-0.25, -0.2) is 4.79 Å². The molecule has 154 valence electrons. The lowest BCUT2D eigenvalue weighted by atomic mass is 9.79. The molecule has 0 aromatic rings. The van der Waals surface area contributed by atoms with Gasteiger partial charge >= 0.3 is 5.97 Å². The second kappa shape index (κ2) is 7.56. The number of ether oxygens (including phenoxy) is 3. The fraction of sp³-hybridized carbons (Fsp3) is 0.682. The minimum Gasteiger partial charge on any atom is -0.492 e. The standard InChI is InChI=1S/C22H31NO5/c1-5-16(24)14-8-6-9-15-18-12(2)20(27-17(18)10-7-11-23(14)15)21-19(26-4)13(3)22(25)28-21/h10,12,14-16,18,24H,5-9,11H2,1-4H3. The third-order valence-electron chi connectivity index (χ3n) is 6.85. The molecule has 0 aromatic heterocycles. The fourth-order valence-corrected chi connectivity index (χ4v) is 5.41. The second-order valence-electron chi connectivity index (χ2n) is 8.33. The van der Waals surface area contributed by atoms with Crippen molar-refractivity contribution in [3.8, 4) is 0 Å². The maximum absolute atomic E-state index is 12.1. The van der Waals surface area contributed by atoms with Crippen LogP contribution in [0.15, 0.2) is 34.7 Å². The van der Waals surface area contributed by atoms with Gasteiger partial charge in [-0.1, -0.05) is 20.3 Å². The number of hydrogen-bond acceptors (Lipinski definition) is 6. The number of rotatable bonds is 3. The highest BCUT2D eigenvalue weighted by Gasteiger charge is 2.49. The minimum atomic E-state index is -0.373. The monoisotopic (exact) mass is 389 g/mol. The Balaban J connectivity index is 1.69. The fourth-order valence-electron chi connectivity index (χ4n) is 5.41. The maximum Gasteiger partial charge on any atom is 0.343 e. The van der Waals surface area contributed by atoms with Crippen molar-refractivity contribution in [2.75, 3.05) is 13.7 Å². The van der Waals surface area contributed by atoms with Gasteiger partial charge in [0.15, 0.2) is 11.5 Å². The van der Waals surface area contributed by atoms with Crippen molar-refractivity contribution in [2.45, 2.75) is 71.1 Å². The predicted molar refractivity (Wildman–Crippen MR) is 104 cm³/mol. The van der Waals surface area contributed by atoms with Gasteiger partial charge in [0.05, 0.1) is 18.8 Å². The number of piperidine rings is 1. The number of esters is 1. The van der Waals surface area contributed by atoms with E-state index in [1.807, 2.05) is 0 Å². The summed E-state index contributed by atoms with van der Waals surface area (Å²) in [5.41, 5.74) is 0.479. The van der Waals surface area contributed by atoms with Crippen molar-refractivity contribution in [2.24, 2.45) is 11.8 Å². The first-order valence-corrected chi connectivity index (χ1v) is 10.5. The summed E-state index contributed by atoms with van der Waals surface area (Å²) in [6, 6.07) is 0.538. The van der Waals surface area contributed by atoms with E-state index in [0.717, 1.165) is 44.4 Å². The van der Waals surface area contributed by atoms with Gasteiger partial charge in [-0.2, -0.15) is 0 Å². The van der Waals surface area contributed by atoms with Crippen LogP contribution in [0.2, 0.25) is 0 Å². The van der Waals surface area contributed by atoms with Crippen LogP contribution >= 0.6 is 0 Å². The van der Waals surface area contributed by atoms with E-state index in [0.29, 0.717) is 28.9 Å². The molecule has 0 spiro atoms. The van der Waals surface area contributed by atoms with Gasteiger partial charge in [0.1, 0.15) is 5.76 Å². The zero-order valence-electron chi connectivity index (χ0n) is 17.2. The Labute approximate surface area is 166 Å². The summed E-state index contributed by atoms with van der Waals surface area (Å²) in [5.74, 6) is 2.48. The molecule has 2 fully saturated rings. The molecule has 4 heterocycles. The molecule has 0 bridgehead atoms. The number of carbonyl (C=O) groups is 1. The highest BCUT2D eigenvalue weighted by Crippen LogP contribution is 2.49. The van der Waals surface area contributed by atoms with Crippen molar-refractivity contribution in [1.82, 2.24) is 4.90 Å². The molecule has 5 atom stereocenters. The molecule has 0 aromatic carbocycles. The SMILES string of the molecule is CCC(O)C1CCCC2C3C(=CCCN12)OC(=C1OC(=O)C(C)=C1OC)C3C. The van der Waals surface area contributed by atoms with Gasteiger partial charge in [0.2, 0.25) is 5.76 Å². The Bertz CT molecular complexity index is 752. The molecule has 4 aliphatic heterocycles. The van der Waals surface area contributed by atoms with Gasteiger partial charge in [-0.05, 0) is 38.7 Å². The Morgan fingerprint density at radius 3 is 2.86 bits per heavy atom. The summed E-state index contributed by atoms with van der Waals surface area (Å²) in [4.78, 5) is 14.6. The number of aliphatic hydroxyl groups is 1. The summed E-state index contributed by atoms with van der Waals surface area (Å²) in [6.45, 7) is 6.86. The van der Waals surface area contributed by atoms with E-state index in [9.17, 15) is 9.90 Å². The summed E-state index contributed by atoms with van der Waals surface area (Å²) in [5, 5.41) is 10.6. The average molecular weight is 389 g/mol. The van der Waals surface area contributed by atoms with Crippen molar-refractivity contribution < 1.29 is 24.1 Å². The predicted octanol–water partition coefficient (Wildman–Crippen LogP) is 3.24. The Morgan fingerprint density at radius 2 is 2.14 bits per heavy atom. The lowest BCUT2D eigenvalue weighted by Crippen LogP contribution is -2.54. The van der Waals surface area contributed by atoms with Gasteiger partial charge in [0, 0.05) is 30.5 Å². The van der Waals surface area contributed by atoms with E-state index in [2.05, 4.69) is 24.8 Å². The zero-order valence-corrected chi connectivity index (χ0v) is 17.2. The van der Waals surface area contributed by atoms with Gasteiger partial charge in [-0.3, -0.25) is 4.90 Å². The van der Waals surface area contributed by atoms with Gasteiger partial charge < -0.3 is 19.3 Å². The van der Waals surface area contributed by atoms with Crippen LogP contribution in [-0.4, -0.2) is 47.8 Å². The first-order valence-electron chi connectivity index (χ1n) is 10.5. The van der Waals surface area contributed by atoms with Crippen LogP contribution in [0.5, 0.6) is 0 Å². The Morgan fingerprint density at radius 1 is 1.36 bits per heavy atom. The summed E-state index contributed by atoms with van der Waals surface area (Å²) in [7, 11) is 1.55. The summed E-state index contributed by atoms with van der Waals surface area (Å²) < 4.78 is 17.3. The molecule has 5 unspecified atom stereocenters. The van der Waals surface area contributed by atoms with Crippen LogP contribution in [0.4, 0.5) is 0 Å². The minimum absolute atomic E-state index is 0.0771. The van der Waals surface area contributed by atoms with Crippen LogP contribution in [0.1, 0.15) is 52.9 Å². The largest absolute Gasteiger partial charge is 0.492 e. The van der Waals surface area contributed by atoms with Crippen molar-refractivity contribution >= 4 is 5.97 Å². The van der Waals surface area contributed by atoms with Crippen LogP contribution < -0.4 is 0 Å². The molecule has 4 aliphatic rings. The molecule has 0 amide bonds. The molecule has 0 radical (unpaired) electrons. The molecular weight excluding hydrogens is 358 g/mol. The molecule has 6 heteroatoms. The van der Waals surface area contributed by atoms with E-state index in [4.69, 9.17) is 14.2 Å². The Hall–Kier alpha value is -1.79. The molecule has 0 saturated carbocycles. The lowest BCUT2D eigenvalue weighted by Gasteiger charge is -2.46. The molecule has 6 nitrogen and oxygen atoms in total. The van der Waals surface area contributed by atoms with Crippen LogP contribution in [0, 0.1) is 11.8 Å². The van der Waals surface area contributed by atoms with E-state index < -0.39 is 0 Å². The molecule has 0 aliphatic carbocycles. The number of carbonyl (C=O) groups excluding carboxylic acids is 1. The Kier molecular flexibility index (Phi) is 5.27. The normalized spacial score (nSPS) is 36.9. The summed E-state index contributed by atoms with van der Waals surface area (Å²) in [6.07, 6.45) is 6.82. The van der Waals surface area contributed by atoms with E-state index in [-0.39, 0.29) is 30.0 Å². The lowest BCUT2D eigenvalue weighted by molar-refractivity contribution is -0.133. The number of hydrogen-bond donors (Lipinski definition) is 1. The first-order chi connectivity index (χ1) is 13.5. The molecule has 28 heavy (non-hydrogen) atoms. The second-order valence-corrected chi connectivity index (χ2v) is 8.33.